The first-order chi connectivity index (χ1) is 11.7. The maximum absolute atomic E-state index is 12.2. The highest BCUT2D eigenvalue weighted by Crippen LogP contribution is 2.30. The van der Waals surface area contributed by atoms with Crippen LogP contribution in [0.1, 0.15) is 43.5 Å². The Labute approximate surface area is 143 Å². The van der Waals surface area contributed by atoms with Gasteiger partial charge in [0.1, 0.15) is 10.5 Å². The van der Waals surface area contributed by atoms with Crippen molar-refractivity contribution >= 4 is 34.1 Å². The molecule has 2 heterocycles. The lowest BCUT2D eigenvalue weighted by Gasteiger charge is -2.08. The third kappa shape index (κ3) is 2.87. The Hall–Kier alpha value is -2.40. The molecule has 4 rings (SSSR count). The van der Waals surface area contributed by atoms with E-state index in [1.807, 2.05) is 24.3 Å². The van der Waals surface area contributed by atoms with E-state index in [-0.39, 0.29) is 18.2 Å². The topological polar surface area (TPSA) is 56.5 Å². The number of furan rings is 1. The summed E-state index contributed by atoms with van der Waals surface area (Å²) >= 11 is 1.49. The van der Waals surface area contributed by atoms with Gasteiger partial charge >= 0.3 is 5.97 Å². The van der Waals surface area contributed by atoms with E-state index in [0.29, 0.717) is 10.5 Å². The molecule has 122 valence electrons. The number of carbonyl (C=O) groups excluding carboxylic acids is 2. The van der Waals surface area contributed by atoms with Crippen molar-refractivity contribution < 1.29 is 18.7 Å². The van der Waals surface area contributed by atoms with Crippen molar-refractivity contribution in [2.45, 2.75) is 25.7 Å². The van der Waals surface area contributed by atoms with E-state index in [4.69, 9.17) is 9.15 Å². The van der Waals surface area contributed by atoms with E-state index >= 15 is 0 Å². The molecule has 0 radical (unpaired) electrons. The van der Waals surface area contributed by atoms with Crippen LogP contribution in [0, 0.1) is 0 Å². The van der Waals surface area contributed by atoms with Crippen LogP contribution in [0.5, 0.6) is 0 Å². The number of rotatable bonds is 4. The highest BCUT2D eigenvalue weighted by Gasteiger charge is 2.20. The number of ether oxygens (including phenoxy) is 1. The van der Waals surface area contributed by atoms with Crippen LogP contribution >= 0.6 is 11.3 Å². The van der Waals surface area contributed by atoms with Gasteiger partial charge in [-0.1, -0.05) is 18.2 Å². The average molecular weight is 340 g/mol. The number of aryl methyl sites for hydroxylation is 2. The van der Waals surface area contributed by atoms with Crippen molar-refractivity contribution in [3.05, 3.63) is 57.5 Å². The summed E-state index contributed by atoms with van der Waals surface area (Å²) in [6.45, 7) is -0.304. The molecule has 24 heavy (non-hydrogen) atoms. The molecule has 0 bridgehead atoms. The molecule has 0 spiro atoms. The van der Waals surface area contributed by atoms with E-state index in [2.05, 4.69) is 0 Å². The maximum atomic E-state index is 12.2. The molecule has 0 saturated heterocycles. The Balaban J connectivity index is 1.43. The number of fused-ring (bicyclic) bond motifs is 2. The van der Waals surface area contributed by atoms with Gasteiger partial charge < -0.3 is 9.15 Å². The molecule has 1 aliphatic carbocycles. The lowest BCUT2D eigenvalue weighted by Crippen LogP contribution is -2.12. The molecule has 0 N–H and O–H groups in total. The number of hydrogen-bond donors (Lipinski definition) is 0. The summed E-state index contributed by atoms with van der Waals surface area (Å²) in [5, 5.41) is 0.859. The second-order valence-corrected chi connectivity index (χ2v) is 7.05. The van der Waals surface area contributed by atoms with Gasteiger partial charge in [0, 0.05) is 10.3 Å². The molecular weight excluding hydrogens is 324 g/mol. The molecule has 4 nitrogen and oxygen atoms in total. The Morgan fingerprint density at radius 3 is 2.79 bits per heavy atom. The van der Waals surface area contributed by atoms with Crippen molar-refractivity contribution in [3.63, 3.8) is 0 Å². The first-order valence-electron chi connectivity index (χ1n) is 8.01. The summed E-state index contributed by atoms with van der Waals surface area (Å²) in [5.74, 6) is -0.547. The summed E-state index contributed by atoms with van der Waals surface area (Å²) in [6, 6.07) is 11.0. The van der Waals surface area contributed by atoms with Crippen LogP contribution in [0.4, 0.5) is 0 Å². The highest BCUT2D eigenvalue weighted by atomic mass is 32.1. The number of carbonyl (C=O) groups is 2. The van der Waals surface area contributed by atoms with Gasteiger partial charge in [-0.05, 0) is 49.4 Å². The van der Waals surface area contributed by atoms with Gasteiger partial charge in [-0.3, -0.25) is 4.79 Å². The van der Waals surface area contributed by atoms with Crippen LogP contribution in [-0.2, 0) is 17.6 Å². The van der Waals surface area contributed by atoms with E-state index in [0.717, 1.165) is 18.2 Å². The maximum Gasteiger partial charge on any atom is 0.348 e. The molecule has 0 aliphatic heterocycles. The Morgan fingerprint density at radius 1 is 1.12 bits per heavy atom. The predicted octanol–water partition coefficient (Wildman–Crippen LogP) is 4.41. The zero-order chi connectivity index (χ0) is 16.5. The Bertz CT molecular complexity index is 862. The molecule has 2 aromatic heterocycles. The smallest absolute Gasteiger partial charge is 0.348 e. The molecule has 0 unspecified atom stereocenters. The van der Waals surface area contributed by atoms with Crippen molar-refractivity contribution in [1.82, 2.24) is 0 Å². The van der Waals surface area contributed by atoms with E-state index in [9.17, 15) is 9.59 Å². The largest absolute Gasteiger partial charge is 0.453 e. The second-order valence-electron chi connectivity index (χ2n) is 5.91. The van der Waals surface area contributed by atoms with Gasteiger partial charge in [0.15, 0.2) is 12.4 Å². The number of thiophene rings is 1. The monoisotopic (exact) mass is 340 g/mol. The summed E-state index contributed by atoms with van der Waals surface area (Å²) in [6.07, 6.45) is 4.40. The quantitative estimate of drug-likeness (QED) is 0.521. The summed E-state index contributed by atoms with van der Waals surface area (Å²) in [4.78, 5) is 26.2. The molecular formula is C19H16O4S. The summed E-state index contributed by atoms with van der Waals surface area (Å²) in [7, 11) is 0. The van der Waals surface area contributed by atoms with Crippen molar-refractivity contribution in [2.75, 3.05) is 6.61 Å². The van der Waals surface area contributed by atoms with Gasteiger partial charge in [0.25, 0.3) is 0 Å². The zero-order valence-corrected chi connectivity index (χ0v) is 13.9. The summed E-state index contributed by atoms with van der Waals surface area (Å²) < 4.78 is 10.7. The summed E-state index contributed by atoms with van der Waals surface area (Å²) in [5.41, 5.74) is 1.90. The van der Waals surface area contributed by atoms with E-state index in [1.165, 1.54) is 34.6 Å². The minimum absolute atomic E-state index is 0.217. The average Bonchev–Trinajstić information content (AvgIpc) is 3.23. The standard InChI is InChI=1S/C19H16O4S/c20-14(16-9-12-5-1-3-7-15(12)23-16)11-22-19(21)18-10-13-6-2-4-8-17(13)24-18/h1,3,5,7,9-10H,2,4,6,8,11H2. The Kier molecular flexibility index (Phi) is 3.94. The van der Waals surface area contributed by atoms with Gasteiger partial charge in [-0.2, -0.15) is 0 Å². The number of ketones is 1. The highest BCUT2D eigenvalue weighted by molar-refractivity contribution is 7.14. The van der Waals surface area contributed by atoms with Crippen LogP contribution in [0.2, 0.25) is 0 Å². The second kappa shape index (κ2) is 6.24. The fraction of sp³-hybridized carbons (Fsp3) is 0.263. The molecule has 0 atom stereocenters. The fourth-order valence-corrected chi connectivity index (χ4v) is 4.13. The van der Waals surface area contributed by atoms with Gasteiger partial charge in [-0.15, -0.1) is 11.3 Å². The van der Waals surface area contributed by atoms with E-state index in [1.54, 1.807) is 12.1 Å². The van der Waals surface area contributed by atoms with Crippen molar-refractivity contribution in [2.24, 2.45) is 0 Å². The predicted molar refractivity (Wildman–Crippen MR) is 91.8 cm³/mol. The normalized spacial score (nSPS) is 13.7. The van der Waals surface area contributed by atoms with Gasteiger partial charge in [0.05, 0.1) is 0 Å². The van der Waals surface area contributed by atoms with Gasteiger partial charge in [-0.25, -0.2) is 4.79 Å². The van der Waals surface area contributed by atoms with Gasteiger partial charge in [0.2, 0.25) is 5.78 Å². The Morgan fingerprint density at radius 2 is 1.96 bits per heavy atom. The molecule has 0 saturated carbocycles. The molecule has 5 heteroatoms. The van der Waals surface area contributed by atoms with Crippen molar-refractivity contribution in [3.8, 4) is 0 Å². The number of benzene rings is 1. The zero-order valence-electron chi connectivity index (χ0n) is 13.0. The number of para-hydroxylation sites is 1. The fourth-order valence-electron chi connectivity index (χ4n) is 2.98. The van der Waals surface area contributed by atoms with E-state index < -0.39 is 5.97 Å². The lowest BCUT2D eigenvalue weighted by atomic mass is 9.99. The lowest BCUT2D eigenvalue weighted by molar-refractivity contribution is 0.0473. The number of hydrogen-bond acceptors (Lipinski definition) is 5. The SMILES string of the molecule is O=C(COC(=O)c1cc2c(s1)CCCC2)c1cc2ccccc2o1. The van der Waals surface area contributed by atoms with Crippen LogP contribution in [0.15, 0.2) is 40.8 Å². The minimum atomic E-state index is -0.432. The van der Waals surface area contributed by atoms with Crippen LogP contribution in [-0.4, -0.2) is 18.4 Å². The van der Waals surface area contributed by atoms with Crippen LogP contribution in [0.3, 0.4) is 0 Å². The minimum Gasteiger partial charge on any atom is -0.453 e. The molecule has 1 aromatic carbocycles. The number of esters is 1. The molecule has 0 fully saturated rings. The van der Waals surface area contributed by atoms with Crippen LogP contribution < -0.4 is 0 Å². The molecule has 0 amide bonds. The first kappa shape index (κ1) is 15.1. The molecule has 3 aromatic rings. The first-order valence-corrected chi connectivity index (χ1v) is 8.83. The third-order valence-corrected chi connectivity index (χ3v) is 5.45. The molecule has 1 aliphatic rings. The van der Waals surface area contributed by atoms with Crippen molar-refractivity contribution in [1.29, 1.82) is 0 Å². The van der Waals surface area contributed by atoms with Crippen LogP contribution in [0.25, 0.3) is 11.0 Å². The number of Topliss-reactive ketones (excluding diaryl/α,β-unsaturated/α-hetero) is 1. The third-order valence-electron chi connectivity index (χ3n) is 4.23.